The summed E-state index contributed by atoms with van der Waals surface area (Å²) in [5.41, 5.74) is -0.207. The van der Waals surface area contributed by atoms with Gasteiger partial charge < -0.3 is 14.9 Å². The van der Waals surface area contributed by atoms with Gasteiger partial charge in [-0.05, 0) is 49.9 Å². The number of carbonyl (C=O) groups is 1. The van der Waals surface area contributed by atoms with Crippen LogP contribution in [0.5, 0.6) is 0 Å². The van der Waals surface area contributed by atoms with Crippen molar-refractivity contribution in [2.24, 2.45) is 23.2 Å². The Hall–Kier alpha value is -0.610. The number of hydrogen-bond acceptors (Lipinski definition) is 4. The van der Waals surface area contributed by atoms with Crippen LogP contribution in [0.15, 0.2) is 0 Å². The van der Waals surface area contributed by atoms with Crippen LogP contribution < -0.4 is 0 Å². The van der Waals surface area contributed by atoms with Gasteiger partial charge in [-0.15, -0.1) is 0 Å². The SMILES string of the molecule is COC(=O)[C@H](O)[C@@H](O)C12CC3CC(CC1C3)C2. The summed E-state index contributed by atoms with van der Waals surface area (Å²) in [7, 11) is 1.24. The van der Waals surface area contributed by atoms with E-state index in [-0.39, 0.29) is 5.41 Å². The fraction of sp³-hybridized carbons (Fsp3) is 0.923. The van der Waals surface area contributed by atoms with Crippen molar-refractivity contribution in [2.45, 2.75) is 44.3 Å². The van der Waals surface area contributed by atoms with Gasteiger partial charge in [-0.1, -0.05) is 0 Å². The third-order valence-electron chi connectivity index (χ3n) is 5.38. The van der Waals surface area contributed by atoms with Crippen molar-refractivity contribution in [3.05, 3.63) is 0 Å². The fourth-order valence-electron chi connectivity index (χ4n) is 4.91. The van der Waals surface area contributed by atoms with Crippen molar-refractivity contribution in [1.82, 2.24) is 0 Å². The summed E-state index contributed by atoms with van der Waals surface area (Å²) in [4.78, 5) is 11.4. The maximum Gasteiger partial charge on any atom is 0.337 e. The first-order valence-electron chi connectivity index (χ1n) is 6.51. The van der Waals surface area contributed by atoms with Crippen LogP contribution in [-0.2, 0) is 9.53 Å². The highest BCUT2D eigenvalue weighted by Gasteiger charge is 2.62. The number of hydrogen-bond donors (Lipinski definition) is 2. The maximum atomic E-state index is 11.4. The molecule has 4 rings (SSSR count). The van der Waals surface area contributed by atoms with E-state index >= 15 is 0 Å². The zero-order chi connectivity index (χ0) is 12.2. The number of aliphatic hydroxyl groups excluding tert-OH is 2. The molecule has 0 spiro atoms. The zero-order valence-electron chi connectivity index (χ0n) is 10.1. The molecule has 4 nitrogen and oxygen atoms in total. The average Bonchev–Trinajstić information content (AvgIpc) is 2.72. The number of ether oxygens (including phenoxy) is 1. The van der Waals surface area contributed by atoms with Gasteiger partial charge in [0.25, 0.3) is 0 Å². The van der Waals surface area contributed by atoms with Gasteiger partial charge >= 0.3 is 5.97 Å². The first-order chi connectivity index (χ1) is 8.06. The van der Waals surface area contributed by atoms with E-state index in [0.29, 0.717) is 17.8 Å². The molecule has 4 fully saturated rings. The van der Waals surface area contributed by atoms with Gasteiger partial charge in [-0.3, -0.25) is 0 Å². The van der Waals surface area contributed by atoms with Gasteiger partial charge in [0.15, 0.2) is 6.10 Å². The Morgan fingerprint density at radius 2 is 1.82 bits per heavy atom. The molecule has 4 bridgehead atoms. The Morgan fingerprint density at radius 1 is 1.24 bits per heavy atom. The zero-order valence-corrected chi connectivity index (χ0v) is 10.1. The van der Waals surface area contributed by atoms with Gasteiger partial charge in [-0.2, -0.15) is 0 Å². The summed E-state index contributed by atoms with van der Waals surface area (Å²) in [6.45, 7) is 0. The minimum atomic E-state index is -1.38. The molecule has 4 atom stereocenters. The molecule has 4 aliphatic rings. The quantitative estimate of drug-likeness (QED) is 0.713. The fourth-order valence-corrected chi connectivity index (χ4v) is 4.91. The molecular weight excluding hydrogens is 220 g/mol. The van der Waals surface area contributed by atoms with Gasteiger partial charge in [0.2, 0.25) is 0 Å². The second-order valence-corrected chi connectivity index (χ2v) is 6.19. The molecule has 17 heavy (non-hydrogen) atoms. The Labute approximate surface area is 101 Å². The molecule has 0 radical (unpaired) electrons. The van der Waals surface area contributed by atoms with Crippen molar-refractivity contribution < 1.29 is 19.7 Å². The number of esters is 1. The molecule has 0 aromatic heterocycles. The lowest BCUT2D eigenvalue weighted by Crippen LogP contribution is -2.48. The lowest BCUT2D eigenvalue weighted by molar-refractivity contribution is -0.165. The van der Waals surface area contributed by atoms with E-state index in [2.05, 4.69) is 4.74 Å². The highest BCUT2D eigenvalue weighted by Crippen LogP contribution is 2.67. The molecule has 0 heterocycles. The Morgan fingerprint density at radius 3 is 2.35 bits per heavy atom. The Kier molecular flexibility index (Phi) is 2.49. The smallest absolute Gasteiger partial charge is 0.337 e. The number of methoxy groups -OCH3 is 1. The van der Waals surface area contributed by atoms with E-state index in [1.165, 1.54) is 26.4 Å². The summed E-state index contributed by atoms with van der Waals surface area (Å²) in [6.07, 6.45) is 3.24. The van der Waals surface area contributed by atoms with E-state index in [1.54, 1.807) is 0 Å². The molecule has 2 unspecified atom stereocenters. The molecule has 0 aliphatic heterocycles. The third-order valence-corrected chi connectivity index (χ3v) is 5.38. The summed E-state index contributed by atoms with van der Waals surface area (Å²) in [5, 5.41) is 20.2. The van der Waals surface area contributed by atoms with Gasteiger partial charge in [0.05, 0.1) is 13.2 Å². The lowest BCUT2D eigenvalue weighted by Gasteiger charge is -2.38. The summed E-state index contributed by atoms with van der Waals surface area (Å²) < 4.78 is 4.53. The van der Waals surface area contributed by atoms with Gasteiger partial charge in [0.1, 0.15) is 0 Å². The Balaban J connectivity index is 1.82. The van der Waals surface area contributed by atoms with Crippen LogP contribution in [0.4, 0.5) is 0 Å². The van der Waals surface area contributed by atoms with E-state index in [0.717, 1.165) is 12.8 Å². The molecule has 4 saturated carbocycles. The third kappa shape index (κ3) is 1.47. The van der Waals surface area contributed by atoms with E-state index < -0.39 is 18.2 Å². The van der Waals surface area contributed by atoms with E-state index in [4.69, 9.17) is 0 Å². The monoisotopic (exact) mass is 240 g/mol. The number of carbonyl (C=O) groups excluding carboxylic acids is 1. The summed E-state index contributed by atoms with van der Waals surface area (Å²) in [5.74, 6) is 1.19. The normalized spacial score (nSPS) is 45.9. The first kappa shape index (κ1) is 11.5. The molecule has 0 amide bonds. The van der Waals surface area contributed by atoms with Crippen molar-refractivity contribution in [2.75, 3.05) is 7.11 Å². The standard InChI is InChI=1S/C13H20O4/c1-17-12(16)10(14)11(15)13-5-7-2-8(6-13)4-9(13)3-7/h7-11,14-15H,2-6H2,1H3/t7?,8?,9?,10-,11-,13?/m1/s1. The van der Waals surface area contributed by atoms with Gasteiger partial charge in [-0.25, -0.2) is 4.79 Å². The lowest BCUT2D eigenvalue weighted by atomic mass is 9.70. The number of rotatable bonds is 3. The molecular formula is C13H20O4. The maximum absolute atomic E-state index is 11.4. The molecule has 0 aromatic carbocycles. The van der Waals surface area contributed by atoms with E-state index in [9.17, 15) is 15.0 Å². The summed E-state index contributed by atoms with van der Waals surface area (Å²) >= 11 is 0. The minimum absolute atomic E-state index is 0.207. The second kappa shape index (κ2) is 3.69. The van der Waals surface area contributed by atoms with Crippen LogP contribution in [0.3, 0.4) is 0 Å². The van der Waals surface area contributed by atoms with Crippen molar-refractivity contribution in [3.8, 4) is 0 Å². The van der Waals surface area contributed by atoms with Gasteiger partial charge in [0, 0.05) is 5.41 Å². The minimum Gasteiger partial charge on any atom is -0.467 e. The number of aliphatic hydroxyl groups is 2. The highest BCUT2D eigenvalue weighted by molar-refractivity contribution is 5.75. The molecule has 0 aromatic rings. The molecule has 0 saturated heterocycles. The van der Waals surface area contributed by atoms with Crippen LogP contribution in [0.2, 0.25) is 0 Å². The first-order valence-corrected chi connectivity index (χ1v) is 6.51. The molecule has 4 heteroatoms. The van der Waals surface area contributed by atoms with Crippen LogP contribution in [0.1, 0.15) is 32.1 Å². The highest BCUT2D eigenvalue weighted by atomic mass is 16.5. The largest absolute Gasteiger partial charge is 0.467 e. The molecule has 96 valence electrons. The van der Waals surface area contributed by atoms with Crippen LogP contribution in [-0.4, -0.2) is 35.5 Å². The molecule has 4 aliphatic carbocycles. The molecule has 2 N–H and O–H groups in total. The van der Waals surface area contributed by atoms with Crippen LogP contribution in [0.25, 0.3) is 0 Å². The topological polar surface area (TPSA) is 66.8 Å². The van der Waals surface area contributed by atoms with Crippen molar-refractivity contribution in [3.63, 3.8) is 0 Å². The van der Waals surface area contributed by atoms with Crippen molar-refractivity contribution in [1.29, 1.82) is 0 Å². The van der Waals surface area contributed by atoms with Crippen LogP contribution >= 0.6 is 0 Å². The van der Waals surface area contributed by atoms with Crippen molar-refractivity contribution >= 4 is 5.97 Å². The predicted molar refractivity (Wildman–Crippen MR) is 60.0 cm³/mol. The van der Waals surface area contributed by atoms with Crippen LogP contribution in [0, 0.1) is 23.2 Å². The van der Waals surface area contributed by atoms with E-state index in [1.807, 2.05) is 0 Å². The average molecular weight is 240 g/mol. The summed E-state index contributed by atoms with van der Waals surface area (Å²) in [6, 6.07) is 0. The predicted octanol–water partition coefficient (Wildman–Crippen LogP) is 0.707. The second-order valence-electron chi connectivity index (χ2n) is 6.19. The Bertz CT molecular complexity index is 326.